The predicted octanol–water partition coefficient (Wildman–Crippen LogP) is 2.40. The fraction of sp³-hybridized carbons (Fsp3) is 0.522. The molecule has 1 aromatic carbocycles. The first-order valence-corrected chi connectivity index (χ1v) is 10.7. The van der Waals surface area contributed by atoms with E-state index in [-0.39, 0.29) is 17.7 Å². The molecule has 1 fully saturated rings. The molecule has 8 nitrogen and oxygen atoms in total. The maximum absolute atomic E-state index is 13.2. The summed E-state index contributed by atoms with van der Waals surface area (Å²) in [7, 11) is 1.58. The first-order chi connectivity index (χ1) is 14.8. The first kappa shape index (κ1) is 22.8. The number of carbonyl (C=O) groups excluding carboxylic acids is 2. The van der Waals surface area contributed by atoms with E-state index in [1.165, 1.54) is 0 Å². The van der Waals surface area contributed by atoms with E-state index in [0.717, 1.165) is 24.5 Å². The molecule has 1 aliphatic rings. The van der Waals surface area contributed by atoms with Gasteiger partial charge in [-0.25, -0.2) is 4.98 Å². The van der Waals surface area contributed by atoms with E-state index in [0.29, 0.717) is 36.8 Å². The molecule has 168 valence electrons. The smallest absolute Gasteiger partial charge is 0.251 e. The highest BCUT2D eigenvalue weighted by atomic mass is 16.5. The van der Waals surface area contributed by atoms with E-state index >= 15 is 0 Å². The molecule has 1 aliphatic heterocycles. The molecule has 0 bridgehead atoms. The quantitative estimate of drug-likeness (QED) is 0.729. The Kier molecular flexibility index (Phi) is 7.33. The van der Waals surface area contributed by atoms with Crippen molar-refractivity contribution < 1.29 is 18.7 Å². The number of methoxy groups -OCH3 is 1. The first-order valence-electron chi connectivity index (χ1n) is 10.7. The summed E-state index contributed by atoms with van der Waals surface area (Å²) in [4.78, 5) is 34.3. The predicted molar refractivity (Wildman–Crippen MR) is 117 cm³/mol. The zero-order chi connectivity index (χ0) is 22.5. The van der Waals surface area contributed by atoms with Crippen LogP contribution in [-0.4, -0.2) is 65.9 Å². The molecular formula is C23H32N4O4. The van der Waals surface area contributed by atoms with Crippen molar-refractivity contribution in [2.45, 2.75) is 40.3 Å². The molecule has 1 saturated heterocycles. The molecule has 0 aliphatic carbocycles. The number of carbonyl (C=O) groups is 2. The summed E-state index contributed by atoms with van der Waals surface area (Å²) in [5.74, 6) is 1.91. The van der Waals surface area contributed by atoms with Crippen LogP contribution in [-0.2, 0) is 11.3 Å². The van der Waals surface area contributed by atoms with Gasteiger partial charge in [0.25, 0.3) is 5.91 Å². The zero-order valence-electron chi connectivity index (χ0n) is 19.0. The Morgan fingerprint density at radius 2 is 1.77 bits per heavy atom. The van der Waals surface area contributed by atoms with Crippen molar-refractivity contribution in [2.24, 2.45) is 5.92 Å². The van der Waals surface area contributed by atoms with Crippen molar-refractivity contribution in [1.82, 2.24) is 20.1 Å². The van der Waals surface area contributed by atoms with E-state index in [9.17, 15) is 9.59 Å². The topological polar surface area (TPSA) is 87.9 Å². The van der Waals surface area contributed by atoms with Crippen molar-refractivity contribution in [3.63, 3.8) is 0 Å². The van der Waals surface area contributed by atoms with E-state index in [1.807, 2.05) is 32.6 Å². The number of aryl methyl sites for hydroxylation is 2. The van der Waals surface area contributed by atoms with Crippen LogP contribution in [0.25, 0.3) is 0 Å². The normalized spacial score (nSPS) is 15.7. The lowest BCUT2D eigenvalue weighted by molar-refractivity contribution is -0.136. The number of rotatable bonds is 7. The van der Waals surface area contributed by atoms with Gasteiger partial charge in [0.1, 0.15) is 17.6 Å². The Morgan fingerprint density at radius 3 is 2.29 bits per heavy atom. The number of nitrogens with one attached hydrogen (secondary N) is 1. The second-order valence-electron chi connectivity index (χ2n) is 8.27. The number of piperazine rings is 1. The van der Waals surface area contributed by atoms with Crippen LogP contribution in [0.2, 0.25) is 0 Å². The number of benzene rings is 1. The monoisotopic (exact) mass is 428 g/mol. The van der Waals surface area contributed by atoms with Crippen LogP contribution in [0.5, 0.6) is 5.75 Å². The Balaban J connectivity index is 1.56. The van der Waals surface area contributed by atoms with Crippen molar-refractivity contribution in [3.8, 4) is 5.75 Å². The van der Waals surface area contributed by atoms with E-state index in [2.05, 4.69) is 15.2 Å². The maximum Gasteiger partial charge on any atom is 0.251 e. The van der Waals surface area contributed by atoms with Gasteiger partial charge in [-0.15, -0.1) is 0 Å². The summed E-state index contributed by atoms with van der Waals surface area (Å²) in [6, 6.07) is 6.29. The molecule has 2 aromatic rings. The van der Waals surface area contributed by atoms with Crippen LogP contribution in [0.1, 0.15) is 41.6 Å². The minimum Gasteiger partial charge on any atom is -0.497 e. The standard InChI is InChI=1S/C23H32N4O4/c1-15(2)21(25-22(28)18-6-8-19(30-5)9-7-18)23(29)27-12-10-26(11-13-27)14-20-24-16(3)17(4)31-20/h6-9,15,21H,10-14H2,1-5H3,(H,25,28). The highest BCUT2D eigenvalue weighted by Gasteiger charge is 2.31. The van der Waals surface area contributed by atoms with Gasteiger partial charge in [-0.2, -0.15) is 0 Å². The molecule has 0 radical (unpaired) electrons. The second-order valence-corrected chi connectivity index (χ2v) is 8.27. The van der Waals surface area contributed by atoms with Gasteiger partial charge in [-0.3, -0.25) is 14.5 Å². The van der Waals surface area contributed by atoms with Gasteiger partial charge in [0, 0.05) is 31.7 Å². The third-order valence-electron chi connectivity index (χ3n) is 5.69. The Morgan fingerprint density at radius 1 is 1.13 bits per heavy atom. The van der Waals surface area contributed by atoms with Gasteiger partial charge in [0.05, 0.1) is 19.3 Å². The molecular weight excluding hydrogens is 396 g/mol. The minimum absolute atomic E-state index is 0.0222. The summed E-state index contributed by atoms with van der Waals surface area (Å²) in [5.41, 5.74) is 1.41. The number of aromatic nitrogens is 1. The Hall–Kier alpha value is -2.87. The molecule has 8 heteroatoms. The number of hydrogen-bond donors (Lipinski definition) is 1. The molecule has 2 heterocycles. The summed E-state index contributed by atoms with van der Waals surface area (Å²) >= 11 is 0. The highest BCUT2D eigenvalue weighted by molar-refractivity contribution is 5.97. The molecule has 1 aromatic heterocycles. The van der Waals surface area contributed by atoms with E-state index in [1.54, 1.807) is 31.4 Å². The van der Waals surface area contributed by atoms with Gasteiger partial charge < -0.3 is 19.4 Å². The van der Waals surface area contributed by atoms with Crippen molar-refractivity contribution >= 4 is 11.8 Å². The van der Waals surface area contributed by atoms with Crippen molar-refractivity contribution in [1.29, 1.82) is 0 Å². The van der Waals surface area contributed by atoms with Crippen molar-refractivity contribution in [2.75, 3.05) is 33.3 Å². The van der Waals surface area contributed by atoms with Crippen LogP contribution >= 0.6 is 0 Å². The molecule has 3 rings (SSSR count). The SMILES string of the molecule is COc1ccc(C(=O)NC(C(=O)N2CCN(Cc3nc(C)c(C)o3)CC2)C(C)C)cc1. The third-order valence-corrected chi connectivity index (χ3v) is 5.69. The Bertz CT molecular complexity index is 879. The molecule has 2 amide bonds. The lowest BCUT2D eigenvalue weighted by Crippen LogP contribution is -2.56. The van der Waals surface area contributed by atoms with Gasteiger partial charge in [0.15, 0.2) is 0 Å². The third kappa shape index (κ3) is 5.64. The maximum atomic E-state index is 13.2. The minimum atomic E-state index is -0.571. The van der Waals surface area contributed by atoms with E-state index < -0.39 is 6.04 Å². The number of ether oxygens (including phenoxy) is 1. The van der Waals surface area contributed by atoms with Gasteiger partial charge in [0.2, 0.25) is 11.8 Å². The number of oxazole rings is 1. The molecule has 31 heavy (non-hydrogen) atoms. The van der Waals surface area contributed by atoms with Gasteiger partial charge in [-0.1, -0.05) is 13.8 Å². The highest BCUT2D eigenvalue weighted by Crippen LogP contribution is 2.15. The Labute approximate surface area is 183 Å². The average molecular weight is 429 g/mol. The largest absolute Gasteiger partial charge is 0.497 e. The zero-order valence-corrected chi connectivity index (χ0v) is 19.0. The van der Waals surface area contributed by atoms with Crippen LogP contribution in [0.4, 0.5) is 0 Å². The van der Waals surface area contributed by atoms with Crippen LogP contribution in [0.15, 0.2) is 28.7 Å². The molecule has 1 unspecified atom stereocenters. The van der Waals surface area contributed by atoms with Gasteiger partial charge in [-0.05, 0) is 44.0 Å². The fourth-order valence-corrected chi connectivity index (χ4v) is 3.60. The molecule has 0 spiro atoms. The van der Waals surface area contributed by atoms with Gasteiger partial charge >= 0.3 is 0 Å². The molecule has 1 atom stereocenters. The van der Waals surface area contributed by atoms with Crippen LogP contribution in [0.3, 0.4) is 0 Å². The van der Waals surface area contributed by atoms with Crippen LogP contribution < -0.4 is 10.1 Å². The lowest BCUT2D eigenvalue weighted by Gasteiger charge is -2.36. The lowest BCUT2D eigenvalue weighted by atomic mass is 10.0. The summed E-state index contributed by atoms with van der Waals surface area (Å²) < 4.78 is 10.8. The molecule has 1 N–H and O–H groups in total. The summed E-state index contributed by atoms with van der Waals surface area (Å²) in [5, 5.41) is 2.92. The van der Waals surface area contributed by atoms with E-state index in [4.69, 9.17) is 9.15 Å². The number of amides is 2. The van der Waals surface area contributed by atoms with Crippen LogP contribution in [0, 0.1) is 19.8 Å². The van der Waals surface area contributed by atoms with Crippen molar-refractivity contribution in [3.05, 3.63) is 47.2 Å². The summed E-state index contributed by atoms with van der Waals surface area (Å²) in [6.45, 7) is 11.1. The second kappa shape index (κ2) is 9.96. The molecule has 0 saturated carbocycles. The fourth-order valence-electron chi connectivity index (χ4n) is 3.60. The number of nitrogens with zero attached hydrogens (tertiary/aromatic N) is 3. The summed E-state index contributed by atoms with van der Waals surface area (Å²) in [6.07, 6.45) is 0. The average Bonchev–Trinajstić information content (AvgIpc) is 3.08. The number of hydrogen-bond acceptors (Lipinski definition) is 6.